The minimum Gasteiger partial charge on any atom is -0.497 e. The third-order valence-electron chi connectivity index (χ3n) is 5.71. The fourth-order valence-corrected chi connectivity index (χ4v) is 4.96. The van der Waals surface area contributed by atoms with Crippen molar-refractivity contribution < 1.29 is 9.53 Å². The Bertz CT molecular complexity index is 828. The van der Waals surface area contributed by atoms with Gasteiger partial charge in [0.2, 0.25) is 0 Å². The normalized spacial score (nSPS) is 19.4. The van der Waals surface area contributed by atoms with E-state index in [1.54, 1.807) is 7.11 Å². The van der Waals surface area contributed by atoms with Gasteiger partial charge in [-0.25, -0.2) is 0 Å². The summed E-state index contributed by atoms with van der Waals surface area (Å²) in [5.74, 6) is 3.02. The first kappa shape index (κ1) is 19.3. The minimum absolute atomic E-state index is 0.105. The fraction of sp³-hybridized carbons (Fsp3) is 0.524. The van der Waals surface area contributed by atoms with Crippen LogP contribution >= 0.6 is 11.8 Å². The maximum absolute atomic E-state index is 13.0. The summed E-state index contributed by atoms with van der Waals surface area (Å²) >= 11 is 1.92. The van der Waals surface area contributed by atoms with Crippen LogP contribution in [0.3, 0.4) is 0 Å². The number of methoxy groups -OCH3 is 1. The molecule has 2 aromatic rings. The molecule has 1 atom stereocenters. The van der Waals surface area contributed by atoms with Crippen molar-refractivity contribution in [1.82, 2.24) is 20.0 Å². The molecule has 2 heterocycles. The molecule has 150 valence electrons. The van der Waals surface area contributed by atoms with E-state index >= 15 is 0 Å². The zero-order valence-corrected chi connectivity index (χ0v) is 17.4. The van der Waals surface area contributed by atoms with Crippen LogP contribution < -0.4 is 10.1 Å². The lowest BCUT2D eigenvalue weighted by molar-refractivity contribution is 0.0764. The smallest absolute Gasteiger partial charge is 0.274 e. The highest BCUT2D eigenvalue weighted by Gasteiger charge is 2.30. The van der Waals surface area contributed by atoms with Crippen LogP contribution in [0, 0.1) is 0 Å². The number of nitrogens with zero attached hydrogens (tertiary/aromatic N) is 3. The number of hydrogen-bond acceptors (Lipinski definition) is 5. The highest BCUT2D eigenvalue weighted by molar-refractivity contribution is 7.99. The summed E-state index contributed by atoms with van der Waals surface area (Å²) in [5, 5.41) is 8.28. The zero-order valence-electron chi connectivity index (χ0n) is 16.6. The molecule has 1 unspecified atom stereocenters. The van der Waals surface area contributed by atoms with Crippen LogP contribution in [-0.2, 0) is 26.4 Å². The van der Waals surface area contributed by atoms with Gasteiger partial charge in [-0.05, 0) is 37.0 Å². The third-order valence-corrected chi connectivity index (χ3v) is 6.65. The standard InChI is InChI=1S/C21H28N4O2S/c1-24-19-8-5-16(22-14-15-3-6-17(27-2)7-4-15)13-18(19)20(23-24)21(26)25-9-11-28-12-10-25/h3-4,6-7,16,22H,5,8-14H2,1-2H3. The molecule has 1 aliphatic carbocycles. The molecule has 0 radical (unpaired) electrons. The van der Waals surface area contributed by atoms with E-state index in [4.69, 9.17) is 4.74 Å². The molecule has 1 amide bonds. The highest BCUT2D eigenvalue weighted by Crippen LogP contribution is 2.26. The Morgan fingerprint density at radius 1 is 1.29 bits per heavy atom. The summed E-state index contributed by atoms with van der Waals surface area (Å²) in [5.41, 5.74) is 4.27. The quantitative estimate of drug-likeness (QED) is 0.834. The van der Waals surface area contributed by atoms with Crippen LogP contribution in [0.2, 0.25) is 0 Å². The number of hydrogen-bond donors (Lipinski definition) is 1. The highest BCUT2D eigenvalue weighted by atomic mass is 32.2. The second-order valence-corrected chi connectivity index (χ2v) is 8.70. The van der Waals surface area contributed by atoms with Gasteiger partial charge >= 0.3 is 0 Å². The molecule has 28 heavy (non-hydrogen) atoms. The van der Waals surface area contributed by atoms with Gasteiger partial charge in [0.15, 0.2) is 5.69 Å². The summed E-state index contributed by atoms with van der Waals surface area (Å²) in [4.78, 5) is 15.0. The Hall–Kier alpha value is -1.99. The van der Waals surface area contributed by atoms with Gasteiger partial charge in [-0.15, -0.1) is 0 Å². The number of nitrogens with one attached hydrogen (secondary N) is 1. The third kappa shape index (κ3) is 4.05. The molecule has 1 aliphatic heterocycles. The average Bonchev–Trinajstić information content (AvgIpc) is 3.08. The van der Waals surface area contributed by atoms with Crippen LogP contribution in [0.15, 0.2) is 24.3 Å². The Balaban J connectivity index is 1.44. The topological polar surface area (TPSA) is 59.4 Å². The van der Waals surface area contributed by atoms with Gasteiger partial charge in [-0.1, -0.05) is 12.1 Å². The van der Waals surface area contributed by atoms with E-state index < -0.39 is 0 Å². The second kappa shape index (κ2) is 8.57. The SMILES string of the molecule is COc1ccc(CNC2CCc3c(c(C(=O)N4CCSCC4)nn3C)C2)cc1. The molecule has 1 fully saturated rings. The summed E-state index contributed by atoms with van der Waals surface area (Å²) in [6, 6.07) is 8.53. The van der Waals surface area contributed by atoms with Gasteiger partial charge in [0.1, 0.15) is 5.75 Å². The number of aromatic nitrogens is 2. The molecule has 7 heteroatoms. The fourth-order valence-electron chi connectivity index (χ4n) is 4.06. The van der Waals surface area contributed by atoms with Crippen LogP contribution in [0.1, 0.15) is 33.7 Å². The molecule has 1 aromatic heterocycles. The summed E-state index contributed by atoms with van der Waals surface area (Å²) in [6.07, 6.45) is 2.89. The van der Waals surface area contributed by atoms with Crippen molar-refractivity contribution in [3.8, 4) is 5.75 Å². The summed E-state index contributed by atoms with van der Waals surface area (Å²) < 4.78 is 7.14. The largest absolute Gasteiger partial charge is 0.497 e. The number of carbonyl (C=O) groups excluding carboxylic acids is 1. The lowest BCUT2D eigenvalue weighted by Gasteiger charge is -2.27. The van der Waals surface area contributed by atoms with Gasteiger partial charge in [0, 0.05) is 55.5 Å². The monoisotopic (exact) mass is 400 g/mol. The molecule has 1 aromatic carbocycles. The average molecular weight is 401 g/mol. The molecule has 1 N–H and O–H groups in total. The maximum Gasteiger partial charge on any atom is 0.274 e. The van der Waals surface area contributed by atoms with Crippen LogP contribution in [0.4, 0.5) is 0 Å². The number of amides is 1. The van der Waals surface area contributed by atoms with Crippen molar-refractivity contribution in [2.75, 3.05) is 31.7 Å². The van der Waals surface area contributed by atoms with Crippen LogP contribution in [-0.4, -0.2) is 58.3 Å². The summed E-state index contributed by atoms with van der Waals surface area (Å²) in [6.45, 7) is 2.47. The molecule has 0 saturated carbocycles. The van der Waals surface area contributed by atoms with Gasteiger partial charge in [0.25, 0.3) is 5.91 Å². The molecule has 4 rings (SSSR count). The molecule has 0 bridgehead atoms. The van der Waals surface area contributed by atoms with E-state index in [9.17, 15) is 4.79 Å². The van der Waals surface area contributed by atoms with E-state index in [0.717, 1.165) is 61.7 Å². The van der Waals surface area contributed by atoms with Crippen molar-refractivity contribution >= 4 is 17.7 Å². The molecule has 0 spiro atoms. The van der Waals surface area contributed by atoms with E-state index in [1.807, 2.05) is 40.5 Å². The van der Waals surface area contributed by atoms with E-state index in [1.165, 1.54) is 11.3 Å². The molecule has 6 nitrogen and oxygen atoms in total. The minimum atomic E-state index is 0.105. The first-order valence-electron chi connectivity index (χ1n) is 9.94. The lowest BCUT2D eigenvalue weighted by atomic mass is 9.91. The van der Waals surface area contributed by atoms with Gasteiger partial charge in [-0.3, -0.25) is 9.48 Å². The number of ether oxygens (including phenoxy) is 1. The number of fused-ring (bicyclic) bond motifs is 1. The molecule has 1 saturated heterocycles. The van der Waals surface area contributed by atoms with Crippen molar-refractivity contribution in [3.05, 3.63) is 46.8 Å². The lowest BCUT2D eigenvalue weighted by Crippen LogP contribution is -2.39. The zero-order chi connectivity index (χ0) is 19.5. The van der Waals surface area contributed by atoms with Gasteiger partial charge in [-0.2, -0.15) is 16.9 Å². The van der Waals surface area contributed by atoms with Gasteiger partial charge < -0.3 is 15.0 Å². The first-order valence-corrected chi connectivity index (χ1v) is 11.1. The number of rotatable bonds is 5. The predicted octanol–water partition coefficient (Wildman–Crippen LogP) is 2.26. The molecular formula is C21H28N4O2S. The van der Waals surface area contributed by atoms with E-state index in [-0.39, 0.29) is 5.91 Å². The second-order valence-electron chi connectivity index (χ2n) is 7.47. The number of benzene rings is 1. The van der Waals surface area contributed by atoms with E-state index in [0.29, 0.717) is 11.7 Å². The first-order chi connectivity index (χ1) is 13.7. The van der Waals surface area contributed by atoms with Crippen molar-refractivity contribution in [2.24, 2.45) is 7.05 Å². The van der Waals surface area contributed by atoms with Crippen molar-refractivity contribution in [2.45, 2.75) is 31.8 Å². The Morgan fingerprint density at radius 3 is 2.75 bits per heavy atom. The maximum atomic E-state index is 13.0. The van der Waals surface area contributed by atoms with E-state index in [2.05, 4.69) is 22.5 Å². The Morgan fingerprint density at radius 2 is 2.04 bits per heavy atom. The van der Waals surface area contributed by atoms with Gasteiger partial charge in [0.05, 0.1) is 7.11 Å². The Labute approximate surface area is 170 Å². The van der Waals surface area contributed by atoms with Crippen molar-refractivity contribution in [1.29, 1.82) is 0 Å². The number of carbonyl (C=O) groups is 1. The van der Waals surface area contributed by atoms with Crippen LogP contribution in [0.25, 0.3) is 0 Å². The molecular weight excluding hydrogens is 372 g/mol. The number of aryl methyl sites for hydroxylation is 1. The predicted molar refractivity (Wildman–Crippen MR) is 112 cm³/mol. The molecule has 2 aliphatic rings. The number of thioether (sulfide) groups is 1. The van der Waals surface area contributed by atoms with Crippen LogP contribution in [0.5, 0.6) is 5.75 Å². The Kier molecular flexibility index (Phi) is 5.92. The summed E-state index contributed by atoms with van der Waals surface area (Å²) in [7, 11) is 3.65. The van der Waals surface area contributed by atoms with Crippen molar-refractivity contribution in [3.63, 3.8) is 0 Å².